The SMILES string of the molecule is Cc1cc(S(=O)(=O)c2c(O)cc(C)c(C)c2C)cc(O)c1C. The van der Waals surface area contributed by atoms with Crippen molar-refractivity contribution in [1.29, 1.82) is 0 Å². The first-order valence-corrected chi connectivity index (χ1v) is 8.40. The van der Waals surface area contributed by atoms with Crippen molar-refractivity contribution in [2.45, 2.75) is 44.4 Å². The van der Waals surface area contributed by atoms with Crippen LogP contribution in [0.25, 0.3) is 0 Å². The summed E-state index contributed by atoms with van der Waals surface area (Å²) in [5, 5.41) is 20.0. The number of aryl methyl sites for hydroxylation is 2. The number of benzene rings is 2. The normalized spacial score (nSPS) is 11.7. The van der Waals surface area contributed by atoms with E-state index in [1.54, 1.807) is 20.8 Å². The summed E-state index contributed by atoms with van der Waals surface area (Å²) >= 11 is 0. The van der Waals surface area contributed by atoms with Gasteiger partial charge in [-0.05, 0) is 80.6 Å². The average Bonchev–Trinajstić information content (AvgIpc) is 2.41. The van der Waals surface area contributed by atoms with Crippen LogP contribution in [0.2, 0.25) is 0 Å². The molecule has 2 aromatic carbocycles. The van der Waals surface area contributed by atoms with Gasteiger partial charge in [-0.25, -0.2) is 8.42 Å². The first kappa shape index (κ1) is 16.4. The van der Waals surface area contributed by atoms with Crippen molar-refractivity contribution in [1.82, 2.24) is 0 Å². The van der Waals surface area contributed by atoms with Gasteiger partial charge < -0.3 is 10.2 Å². The van der Waals surface area contributed by atoms with Crippen LogP contribution in [-0.4, -0.2) is 18.6 Å². The van der Waals surface area contributed by atoms with Crippen molar-refractivity contribution in [3.05, 3.63) is 46.0 Å². The molecule has 0 spiro atoms. The maximum atomic E-state index is 12.9. The highest BCUT2D eigenvalue weighted by molar-refractivity contribution is 7.91. The summed E-state index contributed by atoms with van der Waals surface area (Å²) in [5.74, 6) is -0.335. The zero-order chi connectivity index (χ0) is 16.8. The minimum atomic E-state index is -3.91. The fourth-order valence-electron chi connectivity index (χ4n) is 2.46. The lowest BCUT2D eigenvalue weighted by atomic mass is 10.0. The molecule has 0 radical (unpaired) electrons. The lowest BCUT2D eigenvalue weighted by Gasteiger charge is -2.15. The van der Waals surface area contributed by atoms with Crippen molar-refractivity contribution in [3.8, 4) is 11.5 Å². The van der Waals surface area contributed by atoms with Crippen molar-refractivity contribution < 1.29 is 18.6 Å². The van der Waals surface area contributed by atoms with Gasteiger partial charge in [-0.15, -0.1) is 0 Å². The molecule has 2 aromatic rings. The molecule has 5 heteroatoms. The van der Waals surface area contributed by atoms with Gasteiger partial charge in [0.15, 0.2) is 0 Å². The molecule has 0 unspecified atom stereocenters. The van der Waals surface area contributed by atoms with E-state index < -0.39 is 9.84 Å². The Morgan fingerprint density at radius 2 is 1.27 bits per heavy atom. The summed E-state index contributed by atoms with van der Waals surface area (Å²) in [6.07, 6.45) is 0. The van der Waals surface area contributed by atoms with Gasteiger partial charge >= 0.3 is 0 Å². The number of hydrogen-bond acceptors (Lipinski definition) is 4. The third-order valence-electron chi connectivity index (χ3n) is 4.27. The van der Waals surface area contributed by atoms with Crippen LogP contribution in [0.4, 0.5) is 0 Å². The number of hydrogen-bond donors (Lipinski definition) is 2. The molecule has 0 aliphatic heterocycles. The summed E-state index contributed by atoms with van der Waals surface area (Å²) in [7, 11) is -3.91. The van der Waals surface area contributed by atoms with E-state index in [-0.39, 0.29) is 21.3 Å². The highest BCUT2D eigenvalue weighted by atomic mass is 32.2. The van der Waals surface area contributed by atoms with E-state index in [2.05, 4.69) is 0 Å². The van der Waals surface area contributed by atoms with Crippen LogP contribution in [0.15, 0.2) is 28.0 Å². The molecule has 0 aromatic heterocycles. The second-order valence-corrected chi connectivity index (χ2v) is 7.57. The van der Waals surface area contributed by atoms with Crippen LogP contribution in [-0.2, 0) is 9.84 Å². The molecule has 118 valence electrons. The fourth-order valence-corrected chi connectivity index (χ4v) is 4.18. The van der Waals surface area contributed by atoms with E-state index in [4.69, 9.17) is 0 Å². The van der Waals surface area contributed by atoms with Gasteiger partial charge in [0, 0.05) is 0 Å². The average molecular weight is 320 g/mol. The first-order chi connectivity index (χ1) is 10.1. The van der Waals surface area contributed by atoms with Crippen LogP contribution < -0.4 is 0 Å². The molecule has 0 aliphatic carbocycles. The number of sulfone groups is 1. The minimum Gasteiger partial charge on any atom is -0.508 e. The second kappa shape index (κ2) is 5.32. The zero-order valence-corrected chi connectivity index (χ0v) is 14.2. The molecule has 2 N–H and O–H groups in total. The molecule has 0 saturated heterocycles. The Hall–Kier alpha value is -2.01. The van der Waals surface area contributed by atoms with Crippen LogP contribution in [0, 0.1) is 34.6 Å². The van der Waals surface area contributed by atoms with Gasteiger partial charge in [0.05, 0.1) is 4.90 Å². The summed E-state index contributed by atoms with van der Waals surface area (Å²) in [5.41, 5.74) is 3.50. The second-order valence-electron chi connectivity index (χ2n) is 5.68. The predicted molar refractivity (Wildman–Crippen MR) is 85.4 cm³/mol. The minimum absolute atomic E-state index is 0.0187. The van der Waals surface area contributed by atoms with Crippen molar-refractivity contribution >= 4 is 9.84 Å². The van der Waals surface area contributed by atoms with Crippen LogP contribution in [0.1, 0.15) is 27.8 Å². The van der Waals surface area contributed by atoms with Crippen molar-refractivity contribution in [2.75, 3.05) is 0 Å². The van der Waals surface area contributed by atoms with E-state index in [1.807, 2.05) is 13.8 Å². The van der Waals surface area contributed by atoms with Crippen molar-refractivity contribution in [3.63, 3.8) is 0 Å². The molecule has 22 heavy (non-hydrogen) atoms. The molecule has 0 fully saturated rings. The van der Waals surface area contributed by atoms with Gasteiger partial charge in [-0.2, -0.15) is 0 Å². The highest BCUT2D eigenvalue weighted by Crippen LogP contribution is 2.36. The quantitative estimate of drug-likeness (QED) is 0.888. The third kappa shape index (κ3) is 2.46. The molecule has 0 aliphatic rings. The predicted octanol–water partition coefficient (Wildman–Crippen LogP) is 3.47. The van der Waals surface area contributed by atoms with E-state index in [0.29, 0.717) is 16.7 Å². The van der Waals surface area contributed by atoms with Gasteiger partial charge in [-0.3, -0.25) is 0 Å². The Labute approximate surface area is 131 Å². The summed E-state index contributed by atoms with van der Waals surface area (Å²) < 4.78 is 25.8. The van der Waals surface area contributed by atoms with Gasteiger partial charge in [0.1, 0.15) is 16.4 Å². The number of rotatable bonds is 2. The maximum absolute atomic E-state index is 12.9. The standard InChI is InChI=1S/C17H20O4S/c1-9-6-14(8-15(18)12(9)4)22(20,21)17-13(5)11(3)10(2)7-16(17)19/h6-8,18-19H,1-5H3. The smallest absolute Gasteiger partial charge is 0.210 e. The largest absolute Gasteiger partial charge is 0.508 e. The highest BCUT2D eigenvalue weighted by Gasteiger charge is 2.26. The zero-order valence-electron chi connectivity index (χ0n) is 13.4. The van der Waals surface area contributed by atoms with Crippen molar-refractivity contribution in [2.24, 2.45) is 0 Å². The lowest BCUT2D eigenvalue weighted by Crippen LogP contribution is -2.07. The Balaban J connectivity index is 2.80. The summed E-state index contributed by atoms with van der Waals surface area (Å²) in [4.78, 5) is -0.118. The van der Waals surface area contributed by atoms with Crippen LogP contribution in [0.5, 0.6) is 11.5 Å². The molecule has 0 saturated carbocycles. The fraction of sp³-hybridized carbons (Fsp3) is 0.294. The third-order valence-corrected chi connectivity index (χ3v) is 6.18. The Kier molecular flexibility index (Phi) is 3.96. The number of aromatic hydroxyl groups is 2. The number of phenols is 2. The van der Waals surface area contributed by atoms with E-state index >= 15 is 0 Å². The monoisotopic (exact) mass is 320 g/mol. The number of phenolic OH excluding ortho intramolecular Hbond substituents is 2. The molecular formula is C17H20O4S. The van der Waals surface area contributed by atoms with Crippen LogP contribution in [0.3, 0.4) is 0 Å². The Bertz CT molecular complexity index is 842. The van der Waals surface area contributed by atoms with Gasteiger partial charge in [0.2, 0.25) is 9.84 Å². The molecule has 0 bridgehead atoms. The maximum Gasteiger partial charge on any atom is 0.210 e. The Morgan fingerprint density at radius 1 is 0.727 bits per heavy atom. The molecule has 0 amide bonds. The van der Waals surface area contributed by atoms with E-state index in [9.17, 15) is 18.6 Å². The summed E-state index contributed by atoms with van der Waals surface area (Å²) in [6.45, 7) is 8.78. The Morgan fingerprint density at radius 3 is 1.82 bits per heavy atom. The lowest BCUT2D eigenvalue weighted by molar-refractivity contribution is 0.456. The van der Waals surface area contributed by atoms with E-state index in [0.717, 1.165) is 11.1 Å². The molecule has 4 nitrogen and oxygen atoms in total. The van der Waals surface area contributed by atoms with Crippen LogP contribution >= 0.6 is 0 Å². The summed E-state index contributed by atoms with van der Waals surface area (Å²) in [6, 6.07) is 4.19. The molecule has 0 atom stereocenters. The van der Waals surface area contributed by atoms with Gasteiger partial charge in [-0.1, -0.05) is 0 Å². The molecule has 0 heterocycles. The van der Waals surface area contributed by atoms with Gasteiger partial charge in [0.25, 0.3) is 0 Å². The topological polar surface area (TPSA) is 74.6 Å². The van der Waals surface area contributed by atoms with E-state index in [1.165, 1.54) is 18.2 Å². The molecular weight excluding hydrogens is 300 g/mol. The first-order valence-electron chi connectivity index (χ1n) is 6.92. The molecule has 2 rings (SSSR count).